The Labute approximate surface area is 123 Å². The lowest BCUT2D eigenvalue weighted by atomic mass is 9.79. The highest BCUT2D eigenvalue weighted by molar-refractivity contribution is 5.23. The Morgan fingerprint density at radius 1 is 1.05 bits per heavy atom. The summed E-state index contributed by atoms with van der Waals surface area (Å²) in [6, 6.07) is 11.2. The molecule has 0 heterocycles. The largest absolute Gasteiger partial charge is 0.354 e. The minimum Gasteiger partial charge on any atom is -0.354 e. The van der Waals surface area contributed by atoms with E-state index in [2.05, 4.69) is 63.3 Å². The average Bonchev–Trinajstić information content (AvgIpc) is 2.40. The first-order valence-corrected chi connectivity index (χ1v) is 7.28. The number of hydrogen-bond acceptors (Lipinski definition) is 3. The van der Waals surface area contributed by atoms with Crippen molar-refractivity contribution in [3.63, 3.8) is 0 Å². The monoisotopic (exact) mass is 279 g/mol. The van der Waals surface area contributed by atoms with Gasteiger partial charge >= 0.3 is 0 Å². The standard InChI is InChI=1S/C17H29NO2/c1-13(18-14(2)16(19-5)20-6)12-17(3,4)15-10-8-7-9-11-15/h7-11,13-14,16,18H,12H2,1-6H3. The highest BCUT2D eigenvalue weighted by Crippen LogP contribution is 2.28. The van der Waals surface area contributed by atoms with Gasteiger partial charge in [-0.1, -0.05) is 44.2 Å². The summed E-state index contributed by atoms with van der Waals surface area (Å²) in [5.74, 6) is 0. The second kappa shape index (κ2) is 7.77. The van der Waals surface area contributed by atoms with Gasteiger partial charge < -0.3 is 14.8 Å². The minimum absolute atomic E-state index is 0.142. The first kappa shape index (κ1) is 17.2. The molecule has 20 heavy (non-hydrogen) atoms. The summed E-state index contributed by atoms with van der Waals surface area (Å²) < 4.78 is 10.6. The van der Waals surface area contributed by atoms with Crippen LogP contribution in [0.15, 0.2) is 30.3 Å². The summed E-state index contributed by atoms with van der Waals surface area (Å²) in [4.78, 5) is 0. The summed E-state index contributed by atoms with van der Waals surface area (Å²) in [5, 5.41) is 3.56. The number of rotatable bonds is 8. The van der Waals surface area contributed by atoms with Gasteiger partial charge in [-0.05, 0) is 31.2 Å². The highest BCUT2D eigenvalue weighted by Gasteiger charge is 2.25. The smallest absolute Gasteiger partial charge is 0.171 e. The molecule has 0 saturated heterocycles. The summed E-state index contributed by atoms with van der Waals surface area (Å²) in [6.07, 6.45) is 0.846. The molecule has 0 bridgehead atoms. The zero-order valence-electron chi connectivity index (χ0n) is 13.6. The third-order valence-corrected chi connectivity index (χ3v) is 3.79. The van der Waals surface area contributed by atoms with E-state index >= 15 is 0 Å². The SMILES string of the molecule is COC(OC)C(C)NC(C)CC(C)(C)c1ccccc1. The second-order valence-electron chi connectivity index (χ2n) is 6.15. The van der Waals surface area contributed by atoms with Crippen molar-refractivity contribution >= 4 is 0 Å². The second-order valence-corrected chi connectivity index (χ2v) is 6.15. The third kappa shape index (κ3) is 4.89. The Morgan fingerprint density at radius 2 is 1.60 bits per heavy atom. The van der Waals surface area contributed by atoms with Gasteiger partial charge in [0.2, 0.25) is 0 Å². The molecular formula is C17H29NO2. The maximum absolute atomic E-state index is 5.29. The number of nitrogens with one attached hydrogen (secondary N) is 1. The van der Waals surface area contributed by atoms with E-state index in [-0.39, 0.29) is 17.7 Å². The van der Waals surface area contributed by atoms with Crippen molar-refractivity contribution in [3.8, 4) is 0 Å². The van der Waals surface area contributed by atoms with Gasteiger partial charge in [-0.15, -0.1) is 0 Å². The predicted octanol–water partition coefficient (Wildman–Crippen LogP) is 3.34. The van der Waals surface area contributed by atoms with Crippen LogP contribution in [0.3, 0.4) is 0 Å². The van der Waals surface area contributed by atoms with Gasteiger partial charge in [-0.2, -0.15) is 0 Å². The van der Waals surface area contributed by atoms with E-state index in [1.807, 2.05) is 0 Å². The van der Waals surface area contributed by atoms with E-state index in [9.17, 15) is 0 Å². The van der Waals surface area contributed by atoms with Gasteiger partial charge in [0.25, 0.3) is 0 Å². The number of hydrogen-bond donors (Lipinski definition) is 1. The molecule has 1 N–H and O–H groups in total. The first-order chi connectivity index (χ1) is 9.40. The molecule has 0 spiro atoms. The minimum atomic E-state index is -0.211. The van der Waals surface area contributed by atoms with Crippen molar-refractivity contribution in [3.05, 3.63) is 35.9 Å². The highest BCUT2D eigenvalue weighted by atomic mass is 16.7. The molecule has 0 amide bonds. The molecule has 0 aromatic heterocycles. The quantitative estimate of drug-likeness (QED) is 0.740. The van der Waals surface area contributed by atoms with Gasteiger partial charge in [0.05, 0.1) is 6.04 Å². The van der Waals surface area contributed by atoms with Gasteiger partial charge in [-0.3, -0.25) is 0 Å². The number of benzene rings is 1. The number of methoxy groups -OCH3 is 2. The average molecular weight is 279 g/mol. The fourth-order valence-electron chi connectivity index (χ4n) is 2.86. The molecule has 3 heteroatoms. The van der Waals surface area contributed by atoms with Gasteiger partial charge in [0.15, 0.2) is 6.29 Å². The number of ether oxygens (including phenoxy) is 2. The Bertz CT molecular complexity index is 374. The molecule has 0 saturated carbocycles. The molecule has 0 aliphatic rings. The zero-order valence-corrected chi connectivity index (χ0v) is 13.6. The molecule has 1 rings (SSSR count). The van der Waals surface area contributed by atoms with Crippen molar-refractivity contribution in [2.24, 2.45) is 0 Å². The van der Waals surface area contributed by atoms with Crippen LogP contribution in [0.2, 0.25) is 0 Å². The van der Waals surface area contributed by atoms with E-state index in [4.69, 9.17) is 9.47 Å². The molecular weight excluding hydrogens is 250 g/mol. The lowest BCUT2D eigenvalue weighted by Crippen LogP contribution is -2.45. The molecule has 3 nitrogen and oxygen atoms in total. The summed E-state index contributed by atoms with van der Waals surface area (Å²) in [5.41, 5.74) is 1.51. The van der Waals surface area contributed by atoms with Crippen molar-refractivity contribution in [2.45, 2.75) is 57.9 Å². The van der Waals surface area contributed by atoms with Crippen LogP contribution in [0.4, 0.5) is 0 Å². The van der Waals surface area contributed by atoms with Gasteiger partial charge in [-0.25, -0.2) is 0 Å². The van der Waals surface area contributed by atoms with Crippen molar-refractivity contribution in [1.29, 1.82) is 0 Å². The van der Waals surface area contributed by atoms with Gasteiger partial charge in [0, 0.05) is 20.3 Å². The topological polar surface area (TPSA) is 30.5 Å². The van der Waals surface area contributed by atoms with Crippen molar-refractivity contribution < 1.29 is 9.47 Å². The molecule has 2 unspecified atom stereocenters. The van der Waals surface area contributed by atoms with Crippen LogP contribution in [-0.4, -0.2) is 32.6 Å². The summed E-state index contributed by atoms with van der Waals surface area (Å²) in [7, 11) is 3.34. The van der Waals surface area contributed by atoms with Crippen LogP contribution in [0.25, 0.3) is 0 Å². The third-order valence-electron chi connectivity index (χ3n) is 3.79. The van der Waals surface area contributed by atoms with Crippen LogP contribution >= 0.6 is 0 Å². The van der Waals surface area contributed by atoms with E-state index in [0.29, 0.717) is 6.04 Å². The van der Waals surface area contributed by atoms with Crippen LogP contribution < -0.4 is 5.32 Å². The van der Waals surface area contributed by atoms with E-state index < -0.39 is 0 Å². The first-order valence-electron chi connectivity index (χ1n) is 7.28. The van der Waals surface area contributed by atoms with Gasteiger partial charge in [0.1, 0.15) is 0 Å². The maximum atomic E-state index is 5.29. The Morgan fingerprint density at radius 3 is 2.10 bits per heavy atom. The predicted molar refractivity (Wildman–Crippen MR) is 84.0 cm³/mol. The molecule has 0 radical (unpaired) electrons. The Hall–Kier alpha value is -0.900. The molecule has 1 aromatic carbocycles. The summed E-state index contributed by atoms with van der Waals surface area (Å²) >= 11 is 0. The zero-order chi connectivity index (χ0) is 15.2. The Kier molecular flexibility index (Phi) is 6.66. The molecule has 2 atom stereocenters. The normalized spacial score (nSPS) is 15.3. The van der Waals surface area contributed by atoms with Crippen LogP contribution in [0.5, 0.6) is 0 Å². The molecule has 1 aromatic rings. The molecule has 0 fully saturated rings. The molecule has 114 valence electrons. The van der Waals surface area contributed by atoms with Crippen molar-refractivity contribution in [2.75, 3.05) is 14.2 Å². The van der Waals surface area contributed by atoms with Crippen LogP contribution in [0.1, 0.15) is 39.7 Å². The summed E-state index contributed by atoms with van der Waals surface area (Å²) in [6.45, 7) is 8.87. The Balaban J connectivity index is 2.59. The maximum Gasteiger partial charge on any atom is 0.171 e. The van der Waals surface area contributed by atoms with E-state index in [1.54, 1.807) is 14.2 Å². The van der Waals surface area contributed by atoms with Crippen LogP contribution in [0, 0.1) is 0 Å². The molecule has 0 aliphatic carbocycles. The van der Waals surface area contributed by atoms with E-state index in [1.165, 1.54) is 5.56 Å². The lowest BCUT2D eigenvalue weighted by molar-refractivity contribution is -0.121. The molecule has 0 aliphatic heterocycles. The lowest BCUT2D eigenvalue weighted by Gasteiger charge is -2.32. The van der Waals surface area contributed by atoms with Crippen molar-refractivity contribution in [1.82, 2.24) is 5.32 Å². The van der Waals surface area contributed by atoms with E-state index in [0.717, 1.165) is 6.42 Å². The fraction of sp³-hybridized carbons (Fsp3) is 0.647. The van der Waals surface area contributed by atoms with Crippen LogP contribution in [-0.2, 0) is 14.9 Å². The fourth-order valence-corrected chi connectivity index (χ4v) is 2.86.